The Labute approximate surface area is 154 Å². The van der Waals surface area contributed by atoms with E-state index in [9.17, 15) is 9.59 Å². The summed E-state index contributed by atoms with van der Waals surface area (Å²) in [5, 5.41) is 0. The molecule has 0 aromatic heterocycles. The van der Waals surface area contributed by atoms with Gasteiger partial charge in [0.1, 0.15) is 5.75 Å². The number of ketones is 1. The van der Waals surface area contributed by atoms with Crippen LogP contribution in [0.25, 0.3) is 6.08 Å². The standard InChI is InChI=1S/C22H24O4/c1-22(2,3)18-14-17(11-12-19(18)25-4)21(24)16-9-6-15(7-10-16)8-13-20(23)26-5/h6-14H,1-5H3/b13-8+. The van der Waals surface area contributed by atoms with Crippen molar-refractivity contribution in [3.05, 3.63) is 70.8 Å². The molecule has 0 unspecified atom stereocenters. The van der Waals surface area contributed by atoms with Gasteiger partial charge in [0.05, 0.1) is 14.2 Å². The predicted octanol–water partition coefficient (Wildman–Crippen LogP) is 4.41. The van der Waals surface area contributed by atoms with Crippen molar-refractivity contribution >= 4 is 17.8 Å². The van der Waals surface area contributed by atoms with Gasteiger partial charge in [-0.05, 0) is 35.3 Å². The van der Waals surface area contributed by atoms with E-state index < -0.39 is 5.97 Å². The van der Waals surface area contributed by atoms with E-state index in [-0.39, 0.29) is 11.2 Å². The lowest BCUT2D eigenvalue weighted by Gasteiger charge is -2.22. The Morgan fingerprint density at radius 2 is 1.54 bits per heavy atom. The van der Waals surface area contributed by atoms with Gasteiger partial charge in [-0.2, -0.15) is 0 Å². The van der Waals surface area contributed by atoms with Crippen LogP contribution in [0.2, 0.25) is 0 Å². The maximum atomic E-state index is 12.8. The summed E-state index contributed by atoms with van der Waals surface area (Å²) < 4.78 is 9.99. The number of carbonyl (C=O) groups is 2. The van der Waals surface area contributed by atoms with E-state index in [0.29, 0.717) is 11.1 Å². The number of methoxy groups -OCH3 is 2. The molecule has 26 heavy (non-hydrogen) atoms. The van der Waals surface area contributed by atoms with E-state index in [1.165, 1.54) is 13.2 Å². The van der Waals surface area contributed by atoms with Gasteiger partial charge in [-0.15, -0.1) is 0 Å². The summed E-state index contributed by atoms with van der Waals surface area (Å²) in [5.41, 5.74) is 2.88. The molecule has 0 aliphatic rings. The molecular formula is C22H24O4. The van der Waals surface area contributed by atoms with E-state index >= 15 is 0 Å². The smallest absolute Gasteiger partial charge is 0.330 e. The van der Waals surface area contributed by atoms with Gasteiger partial charge in [-0.3, -0.25) is 4.79 Å². The number of benzene rings is 2. The fourth-order valence-corrected chi connectivity index (χ4v) is 2.58. The molecule has 0 spiro atoms. The average Bonchev–Trinajstić information content (AvgIpc) is 2.64. The molecule has 0 aliphatic heterocycles. The Morgan fingerprint density at radius 1 is 0.923 bits per heavy atom. The summed E-state index contributed by atoms with van der Waals surface area (Å²) in [5.74, 6) is 0.303. The highest BCUT2D eigenvalue weighted by atomic mass is 16.5. The topological polar surface area (TPSA) is 52.6 Å². The second-order valence-electron chi connectivity index (χ2n) is 6.97. The van der Waals surface area contributed by atoms with Crippen molar-refractivity contribution in [2.45, 2.75) is 26.2 Å². The van der Waals surface area contributed by atoms with E-state index in [0.717, 1.165) is 16.9 Å². The van der Waals surface area contributed by atoms with Crippen molar-refractivity contribution < 1.29 is 19.1 Å². The lowest BCUT2D eigenvalue weighted by Crippen LogP contribution is -2.14. The van der Waals surface area contributed by atoms with Crippen LogP contribution in [0.3, 0.4) is 0 Å². The van der Waals surface area contributed by atoms with Gasteiger partial charge in [0.25, 0.3) is 0 Å². The van der Waals surface area contributed by atoms with Gasteiger partial charge < -0.3 is 9.47 Å². The van der Waals surface area contributed by atoms with Gasteiger partial charge in [0.2, 0.25) is 0 Å². The van der Waals surface area contributed by atoms with Gasteiger partial charge >= 0.3 is 5.97 Å². The zero-order chi connectivity index (χ0) is 19.3. The van der Waals surface area contributed by atoms with Crippen LogP contribution < -0.4 is 4.74 Å². The van der Waals surface area contributed by atoms with Gasteiger partial charge in [-0.1, -0.05) is 45.0 Å². The maximum absolute atomic E-state index is 12.8. The van der Waals surface area contributed by atoms with Crippen molar-refractivity contribution in [1.29, 1.82) is 0 Å². The minimum atomic E-state index is -0.418. The van der Waals surface area contributed by atoms with E-state index in [1.54, 1.807) is 43.5 Å². The highest BCUT2D eigenvalue weighted by Gasteiger charge is 2.21. The summed E-state index contributed by atoms with van der Waals surface area (Å²) in [6, 6.07) is 12.6. The minimum Gasteiger partial charge on any atom is -0.496 e. The normalized spacial score (nSPS) is 11.4. The number of ether oxygens (including phenoxy) is 2. The molecule has 0 bridgehead atoms. The first-order chi connectivity index (χ1) is 12.3. The largest absolute Gasteiger partial charge is 0.496 e. The number of rotatable bonds is 5. The van der Waals surface area contributed by atoms with Crippen molar-refractivity contribution in [1.82, 2.24) is 0 Å². The molecule has 0 saturated heterocycles. The summed E-state index contributed by atoms with van der Waals surface area (Å²) in [4.78, 5) is 24.0. The summed E-state index contributed by atoms with van der Waals surface area (Å²) >= 11 is 0. The van der Waals surface area contributed by atoms with Crippen LogP contribution in [0.15, 0.2) is 48.5 Å². The summed E-state index contributed by atoms with van der Waals surface area (Å²) in [6.45, 7) is 6.25. The molecule has 0 heterocycles. The summed E-state index contributed by atoms with van der Waals surface area (Å²) in [7, 11) is 2.96. The maximum Gasteiger partial charge on any atom is 0.330 e. The second-order valence-corrected chi connectivity index (χ2v) is 6.97. The molecule has 0 saturated carbocycles. The van der Waals surface area contributed by atoms with Crippen molar-refractivity contribution in [3.63, 3.8) is 0 Å². The Balaban J connectivity index is 2.29. The van der Waals surface area contributed by atoms with Crippen molar-refractivity contribution in [2.24, 2.45) is 0 Å². The molecule has 0 atom stereocenters. The number of hydrogen-bond acceptors (Lipinski definition) is 4. The number of carbonyl (C=O) groups excluding carboxylic acids is 2. The van der Waals surface area contributed by atoms with E-state index in [2.05, 4.69) is 25.5 Å². The van der Waals surface area contributed by atoms with Crippen molar-refractivity contribution in [3.8, 4) is 5.75 Å². The van der Waals surface area contributed by atoms with Gasteiger partial charge in [0.15, 0.2) is 5.78 Å². The Kier molecular flexibility index (Phi) is 5.98. The molecule has 2 aromatic carbocycles. The number of hydrogen-bond donors (Lipinski definition) is 0. The fraction of sp³-hybridized carbons (Fsp3) is 0.273. The third kappa shape index (κ3) is 4.60. The van der Waals surface area contributed by atoms with Gasteiger partial charge in [0, 0.05) is 22.8 Å². The Morgan fingerprint density at radius 3 is 2.08 bits per heavy atom. The molecule has 0 aliphatic carbocycles. The number of esters is 1. The van der Waals surface area contributed by atoms with Crippen LogP contribution in [-0.4, -0.2) is 26.0 Å². The summed E-state index contributed by atoms with van der Waals surface area (Å²) in [6.07, 6.45) is 2.99. The zero-order valence-corrected chi connectivity index (χ0v) is 15.8. The quantitative estimate of drug-likeness (QED) is 0.454. The third-order valence-electron chi connectivity index (χ3n) is 4.06. The molecular weight excluding hydrogens is 328 g/mol. The molecule has 136 valence electrons. The van der Waals surface area contributed by atoms with E-state index in [4.69, 9.17) is 4.74 Å². The third-order valence-corrected chi connectivity index (χ3v) is 4.06. The van der Waals surface area contributed by atoms with Crippen LogP contribution in [0, 0.1) is 0 Å². The van der Waals surface area contributed by atoms with Gasteiger partial charge in [-0.25, -0.2) is 4.79 Å². The van der Waals surface area contributed by atoms with Crippen LogP contribution in [0.1, 0.15) is 47.8 Å². The van der Waals surface area contributed by atoms with Crippen LogP contribution in [-0.2, 0) is 14.9 Å². The van der Waals surface area contributed by atoms with E-state index in [1.807, 2.05) is 12.1 Å². The van der Waals surface area contributed by atoms with Crippen LogP contribution in [0.4, 0.5) is 0 Å². The molecule has 0 amide bonds. The molecule has 0 N–H and O–H groups in total. The second kappa shape index (κ2) is 8.00. The average molecular weight is 352 g/mol. The fourth-order valence-electron chi connectivity index (χ4n) is 2.58. The SMILES string of the molecule is COC(=O)/C=C/c1ccc(C(=O)c2ccc(OC)c(C(C)(C)C)c2)cc1. The molecule has 2 aromatic rings. The molecule has 4 heteroatoms. The lowest BCUT2D eigenvalue weighted by molar-refractivity contribution is -0.134. The Bertz CT molecular complexity index is 824. The highest BCUT2D eigenvalue weighted by molar-refractivity contribution is 6.09. The highest BCUT2D eigenvalue weighted by Crippen LogP contribution is 2.32. The van der Waals surface area contributed by atoms with Crippen LogP contribution in [0.5, 0.6) is 5.75 Å². The molecule has 2 rings (SSSR count). The van der Waals surface area contributed by atoms with Crippen molar-refractivity contribution in [2.75, 3.05) is 14.2 Å². The monoisotopic (exact) mass is 352 g/mol. The lowest BCUT2D eigenvalue weighted by atomic mass is 9.84. The molecule has 0 fully saturated rings. The first-order valence-corrected chi connectivity index (χ1v) is 8.35. The minimum absolute atomic E-state index is 0.0540. The first kappa shape index (κ1) is 19.4. The molecule has 0 radical (unpaired) electrons. The Hall–Kier alpha value is -2.88. The zero-order valence-electron chi connectivity index (χ0n) is 15.8. The first-order valence-electron chi connectivity index (χ1n) is 8.35. The predicted molar refractivity (Wildman–Crippen MR) is 103 cm³/mol. The molecule has 4 nitrogen and oxygen atoms in total. The van der Waals surface area contributed by atoms with Crippen LogP contribution >= 0.6 is 0 Å².